The number of hydrogen-bond donors (Lipinski definition) is 0. The van der Waals surface area contributed by atoms with Gasteiger partial charge in [0.2, 0.25) is 0 Å². The first-order valence-electron chi connectivity index (χ1n) is 4.01. The van der Waals surface area contributed by atoms with Gasteiger partial charge in [0.05, 0.1) is 10.3 Å². The van der Waals surface area contributed by atoms with Crippen molar-refractivity contribution < 1.29 is 4.92 Å². The summed E-state index contributed by atoms with van der Waals surface area (Å²) in [5, 5.41) is 12.6. The van der Waals surface area contributed by atoms with Crippen LogP contribution >= 0.6 is 11.6 Å². The van der Waals surface area contributed by atoms with Crippen LogP contribution in [0.2, 0.25) is 5.02 Å². The molecule has 0 aliphatic rings. The SMILES string of the molecule is O=[N+]([O-])c1cccc2ccc(Cl)cc12. The first kappa shape index (κ1) is 8.97. The van der Waals surface area contributed by atoms with Crippen molar-refractivity contribution in [1.29, 1.82) is 0 Å². The monoisotopic (exact) mass is 207 g/mol. The van der Waals surface area contributed by atoms with E-state index in [0.717, 1.165) is 5.39 Å². The number of nitro groups is 1. The lowest BCUT2D eigenvalue weighted by atomic mass is 10.1. The van der Waals surface area contributed by atoms with Gasteiger partial charge in [0.15, 0.2) is 0 Å². The largest absolute Gasteiger partial charge is 0.277 e. The Hall–Kier alpha value is -1.61. The average molecular weight is 208 g/mol. The van der Waals surface area contributed by atoms with E-state index in [-0.39, 0.29) is 5.69 Å². The Balaban J connectivity index is 2.84. The second kappa shape index (κ2) is 3.27. The van der Waals surface area contributed by atoms with Crippen LogP contribution < -0.4 is 0 Å². The zero-order chi connectivity index (χ0) is 10.1. The molecule has 2 aromatic rings. The van der Waals surface area contributed by atoms with E-state index in [9.17, 15) is 10.1 Å². The molecule has 0 saturated heterocycles. The Morgan fingerprint density at radius 1 is 1.21 bits per heavy atom. The number of rotatable bonds is 1. The zero-order valence-electron chi connectivity index (χ0n) is 7.11. The van der Waals surface area contributed by atoms with E-state index in [1.807, 2.05) is 6.07 Å². The number of halogens is 1. The van der Waals surface area contributed by atoms with Gasteiger partial charge in [-0.1, -0.05) is 29.8 Å². The molecule has 0 aromatic heterocycles. The lowest BCUT2D eigenvalue weighted by Gasteiger charge is -1.99. The van der Waals surface area contributed by atoms with Gasteiger partial charge in [-0.05, 0) is 17.5 Å². The summed E-state index contributed by atoms with van der Waals surface area (Å²) in [6.07, 6.45) is 0. The van der Waals surface area contributed by atoms with Gasteiger partial charge in [-0.15, -0.1) is 0 Å². The van der Waals surface area contributed by atoms with Gasteiger partial charge in [-0.3, -0.25) is 10.1 Å². The number of nitrogens with zero attached hydrogens (tertiary/aromatic N) is 1. The van der Waals surface area contributed by atoms with E-state index in [2.05, 4.69) is 0 Å². The smallest absolute Gasteiger partial charge is 0.258 e. The third-order valence-corrected chi connectivity index (χ3v) is 2.25. The summed E-state index contributed by atoms with van der Waals surface area (Å²) in [4.78, 5) is 10.3. The van der Waals surface area contributed by atoms with Crippen molar-refractivity contribution in [3.05, 3.63) is 51.5 Å². The van der Waals surface area contributed by atoms with E-state index in [4.69, 9.17) is 11.6 Å². The maximum Gasteiger partial charge on any atom is 0.277 e. The third-order valence-electron chi connectivity index (χ3n) is 2.02. The summed E-state index contributed by atoms with van der Waals surface area (Å²) in [6.45, 7) is 0. The Morgan fingerprint density at radius 2 is 2.00 bits per heavy atom. The van der Waals surface area contributed by atoms with Gasteiger partial charge in [-0.25, -0.2) is 0 Å². The van der Waals surface area contributed by atoms with E-state index >= 15 is 0 Å². The van der Waals surface area contributed by atoms with Crippen LogP contribution in [0.25, 0.3) is 10.8 Å². The van der Waals surface area contributed by atoms with Crippen LogP contribution in [-0.4, -0.2) is 4.92 Å². The molecule has 0 aliphatic heterocycles. The molecule has 2 rings (SSSR count). The lowest BCUT2D eigenvalue weighted by molar-refractivity contribution is -0.383. The fourth-order valence-electron chi connectivity index (χ4n) is 1.39. The maximum absolute atomic E-state index is 10.7. The fourth-order valence-corrected chi connectivity index (χ4v) is 1.56. The molecule has 0 unspecified atom stereocenters. The highest BCUT2D eigenvalue weighted by Gasteiger charge is 2.10. The molecule has 0 amide bonds. The summed E-state index contributed by atoms with van der Waals surface area (Å²) in [6, 6.07) is 10.0. The molecule has 0 heterocycles. The molecular formula is C10H6ClNO2. The van der Waals surface area contributed by atoms with Crippen molar-refractivity contribution in [2.45, 2.75) is 0 Å². The second-order valence-electron chi connectivity index (χ2n) is 2.90. The standard InChI is InChI=1S/C10H6ClNO2/c11-8-5-4-7-2-1-3-10(12(13)14)9(7)6-8/h1-6H. The van der Waals surface area contributed by atoms with Crippen molar-refractivity contribution in [1.82, 2.24) is 0 Å². The molecular weight excluding hydrogens is 202 g/mol. The first-order chi connectivity index (χ1) is 6.68. The molecule has 4 heteroatoms. The second-order valence-corrected chi connectivity index (χ2v) is 3.34. The maximum atomic E-state index is 10.7. The topological polar surface area (TPSA) is 43.1 Å². The number of benzene rings is 2. The predicted octanol–water partition coefficient (Wildman–Crippen LogP) is 3.40. The van der Waals surface area contributed by atoms with Gasteiger partial charge >= 0.3 is 0 Å². The third kappa shape index (κ3) is 1.42. The summed E-state index contributed by atoms with van der Waals surface area (Å²) in [5.74, 6) is 0. The van der Waals surface area contributed by atoms with Crippen LogP contribution in [-0.2, 0) is 0 Å². The first-order valence-corrected chi connectivity index (χ1v) is 4.39. The lowest BCUT2D eigenvalue weighted by Crippen LogP contribution is -1.88. The molecule has 14 heavy (non-hydrogen) atoms. The molecule has 0 atom stereocenters. The molecule has 0 radical (unpaired) electrons. The molecule has 0 aliphatic carbocycles. The number of fused-ring (bicyclic) bond motifs is 1. The van der Waals surface area contributed by atoms with Gasteiger partial charge in [-0.2, -0.15) is 0 Å². The highest BCUT2D eigenvalue weighted by Crippen LogP contribution is 2.27. The highest BCUT2D eigenvalue weighted by molar-refractivity contribution is 6.31. The molecule has 0 bridgehead atoms. The number of hydrogen-bond acceptors (Lipinski definition) is 2. The van der Waals surface area contributed by atoms with Crippen LogP contribution in [0.3, 0.4) is 0 Å². The van der Waals surface area contributed by atoms with Crippen LogP contribution in [0.15, 0.2) is 36.4 Å². The molecule has 0 spiro atoms. The van der Waals surface area contributed by atoms with Crippen LogP contribution in [0, 0.1) is 10.1 Å². The molecule has 3 nitrogen and oxygen atoms in total. The fraction of sp³-hybridized carbons (Fsp3) is 0. The van der Waals surface area contributed by atoms with Crippen LogP contribution in [0.5, 0.6) is 0 Å². The Bertz CT molecular complexity index is 510. The van der Waals surface area contributed by atoms with Gasteiger partial charge < -0.3 is 0 Å². The van der Waals surface area contributed by atoms with Crippen molar-refractivity contribution in [3.63, 3.8) is 0 Å². The normalized spacial score (nSPS) is 10.4. The van der Waals surface area contributed by atoms with Gasteiger partial charge in [0.1, 0.15) is 0 Å². The van der Waals surface area contributed by atoms with Crippen LogP contribution in [0.1, 0.15) is 0 Å². The predicted molar refractivity (Wildman–Crippen MR) is 55.6 cm³/mol. The number of nitro benzene ring substituents is 1. The minimum Gasteiger partial charge on any atom is -0.258 e. The highest BCUT2D eigenvalue weighted by atomic mass is 35.5. The van der Waals surface area contributed by atoms with Gasteiger partial charge in [0.25, 0.3) is 5.69 Å². The van der Waals surface area contributed by atoms with Crippen molar-refractivity contribution in [3.8, 4) is 0 Å². The molecule has 0 saturated carbocycles. The molecule has 70 valence electrons. The summed E-state index contributed by atoms with van der Waals surface area (Å²) < 4.78 is 0. The number of non-ortho nitro benzene ring substituents is 1. The molecule has 0 N–H and O–H groups in total. The Morgan fingerprint density at radius 3 is 2.71 bits per heavy atom. The zero-order valence-corrected chi connectivity index (χ0v) is 7.86. The van der Waals surface area contributed by atoms with E-state index in [0.29, 0.717) is 10.4 Å². The average Bonchev–Trinajstić information content (AvgIpc) is 2.16. The van der Waals surface area contributed by atoms with Crippen molar-refractivity contribution >= 4 is 28.1 Å². The van der Waals surface area contributed by atoms with E-state index < -0.39 is 4.92 Å². The van der Waals surface area contributed by atoms with E-state index in [1.54, 1.807) is 24.3 Å². The minimum atomic E-state index is -0.404. The summed E-state index contributed by atoms with van der Waals surface area (Å²) in [7, 11) is 0. The Kier molecular flexibility index (Phi) is 2.09. The quantitative estimate of drug-likeness (QED) is 0.531. The Labute approximate surface area is 85.1 Å². The van der Waals surface area contributed by atoms with Crippen LogP contribution in [0.4, 0.5) is 5.69 Å². The van der Waals surface area contributed by atoms with Crippen molar-refractivity contribution in [2.24, 2.45) is 0 Å². The van der Waals surface area contributed by atoms with E-state index in [1.165, 1.54) is 6.07 Å². The summed E-state index contributed by atoms with van der Waals surface area (Å²) >= 11 is 5.77. The summed E-state index contributed by atoms with van der Waals surface area (Å²) in [5.41, 5.74) is 0.0880. The minimum absolute atomic E-state index is 0.0880. The molecule has 2 aromatic carbocycles. The van der Waals surface area contributed by atoms with Crippen molar-refractivity contribution in [2.75, 3.05) is 0 Å². The molecule has 0 fully saturated rings. The van der Waals surface area contributed by atoms with Gasteiger partial charge in [0, 0.05) is 11.1 Å².